The van der Waals surface area contributed by atoms with Gasteiger partial charge >= 0.3 is 0 Å². The average molecular weight is 220 g/mol. The maximum atomic E-state index is 9.36. The Bertz CT molecular complexity index is 510. The molecule has 86 valence electrons. The molecule has 0 aliphatic rings. The van der Waals surface area contributed by atoms with Crippen LogP contribution in [0.4, 0.5) is 0 Å². The summed E-state index contributed by atoms with van der Waals surface area (Å²) in [6.45, 7) is 6.37. The first-order valence-corrected chi connectivity index (χ1v) is 5.18. The Morgan fingerprint density at radius 3 is 2.56 bits per heavy atom. The Hall–Kier alpha value is -1.46. The summed E-state index contributed by atoms with van der Waals surface area (Å²) in [6.07, 6.45) is 0.811. The van der Waals surface area contributed by atoms with Crippen LogP contribution in [0, 0.1) is 0 Å². The van der Waals surface area contributed by atoms with Gasteiger partial charge in [0.15, 0.2) is 17.7 Å². The maximum absolute atomic E-state index is 9.36. The largest absolute Gasteiger partial charge is 0.371 e. The molecule has 2 aromatic rings. The highest BCUT2D eigenvalue weighted by Crippen LogP contribution is 2.22. The number of aliphatic hydroxyl groups excluding tert-OH is 1. The van der Waals surface area contributed by atoms with Crippen LogP contribution in [0.3, 0.4) is 0 Å². The second-order valence-electron chi connectivity index (χ2n) is 4.90. The number of nitrogens with zero attached hydrogens (tertiary/aromatic N) is 3. The fourth-order valence-corrected chi connectivity index (χ4v) is 1.55. The number of aromatic nitrogens is 3. The van der Waals surface area contributed by atoms with Gasteiger partial charge in [0.25, 0.3) is 0 Å². The molecule has 0 saturated carbocycles. The molecule has 0 amide bonds. The Labute approximate surface area is 93.9 Å². The van der Waals surface area contributed by atoms with Crippen molar-refractivity contribution in [2.75, 3.05) is 0 Å². The fourth-order valence-electron chi connectivity index (χ4n) is 1.55. The highest BCUT2D eigenvalue weighted by molar-refractivity contribution is 5.41. The average Bonchev–Trinajstić information content (AvgIpc) is 2.58. The summed E-state index contributed by atoms with van der Waals surface area (Å²) in [4.78, 5) is 0. The van der Waals surface area contributed by atoms with E-state index in [0.717, 1.165) is 5.56 Å². The van der Waals surface area contributed by atoms with E-state index in [0.29, 0.717) is 11.5 Å². The molecule has 2 heterocycles. The van der Waals surface area contributed by atoms with Crippen molar-refractivity contribution in [1.29, 1.82) is 0 Å². The maximum Gasteiger partial charge on any atom is 0.181 e. The third kappa shape index (κ3) is 1.79. The molecule has 16 heavy (non-hydrogen) atoms. The van der Waals surface area contributed by atoms with Crippen LogP contribution in [0.5, 0.6) is 0 Å². The Morgan fingerprint density at radius 2 is 2.00 bits per heavy atom. The Balaban J connectivity index is 2.63. The van der Waals surface area contributed by atoms with Crippen molar-refractivity contribution < 1.29 is 5.11 Å². The van der Waals surface area contributed by atoms with E-state index in [9.17, 15) is 5.11 Å². The second kappa shape index (κ2) is 3.54. The summed E-state index contributed by atoms with van der Waals surface area (Å²) < 4.78 is 1.73. The molecule has 1 unspecified atom stereocenters. The van der Waals surface area contributed by atoms with Crippen LogP contribution in [0.2, 0.25) is 0 Å². The van der Waals surface area contributed by atoms with Crippen LogP contribution in [0.15, 0.2) is 18.3 Å². The topological polar surface area (TPSA) is 76.4 Å². The van der Waals surface area contributed by atoms with Gasteiger partial charge in [-0.3, -0.25) is 10.1 Å². The van der Waals surface area contributed by atoms with Crippen molar-refractivity contribution in [2.24, 2.45) is 5.73 Å². The van der Waals surface area contributed by atoms with Gasteiger partial charge in [-0.25, -0.2) is 0 Å². The molecule has 3 N–H and O–H groups in total. The summed E-state index contributed by atoms with van der Waals surface area (Å²) in [6, 6.07) is 3.89. The Kier molecular flexibility index (Phi) is 2.44. The standard InChI is InChI=1S/C11H16N4O/c1-11(2,3)7-4-5-8-13-14-10(9(12)16)15(8)6-7/h4-6,9,16H,12H2,1-3H3. The van der Waals surface area contributed by atoms with Crippen molar-refractivity contribution in [1.82, 2.24) is 14.6 Å². The van der Waals surface area contributed by atoms with Crippen LogP contribution in [0.25, 0.3) is 5.65 Å². The highest BCUT2D eigenvalue weighted by Gasteiger charge is 2.17. The van der Waals surface area contributed by atoms with Crippen molar-refractivity contribution in [3.63, 3.8) is 0 Å². The smallest absolute Gasteiger partial charge is 0.181 e. The molecule has 0 fully saturated rings. The Morgan fingerprint density at radius 1 is 1.31 bits per heavy atom. The van der Waals surface area contributed by atoms with Gasteiger partial charge in [-0.15, -0.1) is 10.2 Å². The van der Waals surface area contributed by atoms with E-state index in [2.05, 4.69) is 31.0 Å². The molecule has 0 aromatic carbocycles. The lowest BCUT2D eigenvalue weighted by Crippen LogP contribution is -2.15. The van der Waals surface area contributed by atoms with Crippen molar-refractivity contribution in [2.45, 2.75) is 32.4 Å². The summed E-state index contributed by atoms with van der Waals surface area (Å²) >= 11 is 0. The van der Waals surface area contributed by atoms with Gasteiger partial charge in [0.2, 0.25) is 0 Å². The molecule has 0 spiro atoms. The van der Waals surface area contributed by atoms with E-state index in [1.54, 1.807) is 4.40 Å². The van der Waals surface area contributed by atoms with E-state index in [1.807, 2.05) is 18.3 Å². The fraction of sp³-hybridized carbons (Fsp3) is 0.455. The van der Waals surface area contributed by atoms with Gasteiger partial charge < -0.3 is 5.11 Å². The minimum atomic E-state index is -1.11. The van der Waals surface area contributed by atoms with Crippen LogP contribution < -0.4 is 5.73 Å². The molecule has 0 saturated heterocycles. The number of rotatable bonds is 1. The zero-order valence-corrected chi connectivity index (χ0v) is 9.68. The lowest BCUT2D eigenvalue weighted by atomic mass is 9.88. The molecule has 5 nitrogen and oxygen atoms in total. The number of nitrogens with two attached hydrogens (primary N) is 1. The number of hydrogen-bond acceptors (Lipinski definition) is 4. The lowest BCUT2D eigenvalue weighted by molar-refractivity contribution is 0.174. The first-order valence-electron chi connectivity index (χ1n) is 5.18. The molecule has 0 aliphatic heterocycles. The minimum absolute atomic E-state index is 0.0370. The van der Waals surface area contributed by atoms with Gasteiger partial charge in [0.1, 0.15) is 0 Å². The van der Waals surface area contributed by atoms with Gasteiger partial charge in [-0.05, 0) is 17.0 Å². The summed E-state index contributed by atoms with van der Waals surface area (Å²) in [5.41, 5.74) is 7.28. The van der Waals surface area contributed by atoms with Gasteiger partial charge in [-0.1, -0.05) is 26.8 Å². The number of pyridine rings is 1. The monoisotopic (exact) mass is 220 g/mol. The van der Waals surface area contributed by atoms with Crippen LogP contribution in [-0.4, -0.2) is 19.7 Å². The predicted octanol–water partition coefficient (Wildman–Crippen LogP) is 0.976. The van der Waals surface area contributed by atoms with Gasteiger partial charge in [-0.2, -0.15) is 0 Å². The molecule has 0 bridgehead atoms. The van der Waals surface area contributed by atoms with E-state index < -0.39 is 6.23 Å². The van der Waals surface area contributed by atoms with E-state index in [-0.39, 0.29) is 5.41 Å². The molecule has 0 aliphatic carbocycles. The van der Waals surface area contributed by atoms with E-state index in [1.165, 1.54) is 0 Å². The number of fused-ring (bicyclic) bond motifs is 1. The molecule has 2 aromatic heterocycles. The van der Waals surface area contributed by atoms with Gasteiger partial charge in [0, 0.05) is 6.20 Å². The van der Waals surface area contributed by atoms with Crippen molar-refractivity contribution in [3.05, 3.63) is 29.7 Å². The van der Waals surface area contributed by atoms with Crippen LogP contribution >= 0.6 is 0 Å². The molecule has 2 rings (SSSR count). The minimum Gasteiger partial charge on any atom is -0.371 e. The molecular weight excluding hydrogens is 204 g/mol. The second-order valence-corrected chi connectivity index (χ2v) is 4.90. The first-order chi connectivity index (χ1) is 7.39. The summed E-state index contributed by atoms with van der Waals surface area (Å²) in [5.74, 6) is 0.362. The van der Waals surface area contributed by atoms with Gasteiger partial charge in [0.05, 0.1) is 0 Å². The van der Waals surface area contributed by atoms with Crippen LogP contribution in [-0.2, 0) is 5.41 Å². The molecule has 1 atom stereocenters. The summed E-state index contributed by atoms with van der Waals surface area (Å²) in [7, 11) is 0. The summed E-state index contributed by atoms with van der Waals surface area (Å²) in [5, 5.41) is 17.2. The van der Waals surface area contributed by atoms with Crippen molar-refractivity contribution in [3.8, 4) is 0 Å². The van der Waals surface area contributed by atoms with Crippen molar-refractivity contribution >= 4 is 5.65 Å². The molecular formula is C11H16N4O. The third-order valence-electron chi connectivity index (χ3n) is 2.56. The number of hydrogen-bond donors (Lipinski definition) is 2. The van der Waals surface area contributed by atoms with E-state index in [4.69, 9.17) is 5.73 Å². The molecule has 0 radical (unpaired) electrons. The lowest BCUT2D eigenvalue weighted by Gasteiger charge is -2.19. The third-order valence-corrected chi connectivity index (χ3v) is 2.56. The van der Waals surface area contributed by atoms with E-state index >= 15 is 0 Å². The van der Waals surface area contributed by atoms with Crippen LogP contribution in [0.1, 0.15) is 38.4 Å². The zero-order valence-electron chi connectivity index (χ0n) is 9.68. The first kappa shape index (κ1) is 11.0. The predicted molar refractivity (Wildman–Crippen MR) is 60.8 cm³/mol. The normalized spacial score (nSPS) is 14.3. The molecule has 5 heteroatoms. The number of aliphatic hydroxyl groups is 1. The zero-order chi connectivity index (χ0) is 11.9. The highest BCUT2D eigenvalue weighted by atomic mass is 16.3. The quantitative estimate of drug-likeness (QED) is 0.702. The SMILES string of the molecule is CC(C)(C)c1ccc2nnc(C(N)O)n2c1.